The molecule has 0 aliphatic rings. The highest BCUT2D eigenvalue weighted by Gasteiger charge is 2.22. The molecule has 3 nitrogen and oxygen atoms in total. The molecule has 0 N–H and O–H groups in total. The smallest absolute Gasteiger partial charge is 0.0709 e. The highest BCUT2D eigenvalue weighted by Crippen LogP contribution is 2.49. The Labute approximate surface area is 688 Å². The molecule has 117 heavy (non-hydrogen) atoms. The first-order valence-electron chi connectivity index (χ1n) is 39.7. The van der Waals surface area contributed by atoms with Gasteiger partial charge in [-0.25, -0.2) is 0 Å². The van der Waals surface area contributed by atoms with Crippen molar-refractivity contribution in [2.24, 2.45) is 0 Å². The zero-order chi connectivity index (χ0) is 77.3. The third-order valence-corrected chi connectivity index (χ3v) is 26.6. The third kappa shape index (κ3) is 12.3. The molecule has 0 unspecified atom stereocenters. The van der Waals surface area contributed by atoms with E-state index in [0.29, 0.717) is 0 Å². The van der Waals surface area contributed by atoms with Crippen LogP contribution in [0.15, 0.2) is 419 Å². The van der Waals surface area contributed by atoms with Crippen molar-refractivity contribution < 1.29 is 0 Å². The molecular formula is C111H69N3S3. The van der Waals surface area contributed by atoms with E-state index in [2.05, 4.69) is 407 Å². The molecule has 0 aliphatic heterocycles. The lowest BCUT2D eigenvalue weighted by Gasteiger charge is -2.17. The van der Waals surface area contributed by atoms with Gasteiger partial charge in [-0.1, -0.05) is 340 Å². The van der Waals surface area contributed by atoms with E-state index in [9.17, 15) is 0 Å². The van der Waals surface area contributed by atoms with Gasteiger partial charge < -0.3 is 0 Å². The van der Waals surface area contributed by atoms with E-state index >= 15 is 0 Å². The molecule has 0 aliphatic carbocycles. The lowest BCUT2D eigenvalue weighted by Crippen LogP contribution is -1.92. The number of thiophene rings is 3. The number of fused-ring (bicyclic) bond motifs is 15. The van der Waals surface area contributed by atoms with E-state index in [-0.39, 0.29) is 0 Å². The molecule has 0 saturated carbocycles. The molecule has 0 bridgehead atoms. The summed E-state index contributed by atoms with van der Waals surface area (Å²) < 4.78 is 7.87. The molecule has 0 spiro atoms. The summed E-state index contributed by atoms with van der Waals surface area (Å²) in [4.78, 5) is 15.0. The topological polar surface area (TPSA) is 38.7 Å². The van der Waals surface area contributed by atoms with Crippen LogP contribution in [0.1, 0.15) is 0 Å². The van der Waals surface area contributed by atoms with Crippen LogP contribution in [-0.4, -0.2) is 15.0 Å². The van der Waals surface area contributed by atoms with E-state index in [4.69, 9.17) is 15.0 Å². The second-order valence-corrected chi connectivity index (χ2v) is 33.1. The van der Waals surface area contributed by atoms with Gasteiger partial charge in [0.25, 0.3) is 0 Å². The van der Waals surface area contributed by atoms with Crippen LogP contribution in [0.2, 0.25) is 0 Å². The van der Waals surface area contributed by atoms with E-state index in [1.54, 1.807) is 0 Å². The predicted molar refractivity (Wildman–Crippen MR) is 505 cm³/mol. The molecule has 0 amide bonds. The van der Waals surface area contributed by atoms with E-state index in [1.807, 2.05) is 46.4 Å². The summed E-state index contributed by atoms with van der Waals surface area (Å²) in [7, 11) is 0. The fourth-order valence-electron chi connectivity index (χ4n) is 18.0. The lowest BCUT2D eigenvalue weighted by atomic mass is 9.86. The van der Waals surface area contributed by atoms with Crippen molar-refractivity contribution in [1.82, 2.24) is 15.0 Å². The molecule has 24 aromatic rings. The number of aromatic nitrogens is 3. The van der Waals surface area contributed by atoms with Gasteiger partial charge in [-0.05, 0) is 175 Å². The van der Waals surface area contributed by atoms with Crippen LogP contribution in [0.4, 0.5) is 0 Å². The van der Waals surface area contributed by atoms with E-state index < -0.39 is 0 Å². The molecule has 0 radical (unpaired) electrons. The van der Waals surface area contributed by atoms with Crippen LogP contribution in [0.25, 0.3) is 226 Å². The van der Waals surface area contributed by atoms with Gasteiger partial charge in [0.05, 0.1) is 17.1 Å². The number of rotatable bonds is 9. The van der Waals surface area contributed by atoms with Gasteiger partial charge in [-0.3, -0.25) is 15.0 Å². The Morgan fingerprint density at radius 1 is 0.145 bits per heavy atom. The summed E-state index contributed by atoms with van der Waals surface area (Å²) >= 11 is 5.54. The van der Waals surface area contributed by atoms with Gasteiger partial charge in [0.15, 0.2) is 0 Å². The minimum atomic E-state index is 0.991. The van der Waals surface area contributed by atoms with Crippen molar-refractivity contribution in [2.45, 2.75) is 0 Å². The van der Waals surface area contributed by atoms with Crippen molar-refractivity contribution >= 4 is 159 Å². The zero-order valence-corrected chi connectivity index (χ0v) is 65.9. The maximum Gasteiger partial charge on any atom is 0.0709 e. The zero-order valence-electron chi connectivity index (χ0n) is 63.4. The Bertz CT molecular complexity index is 7790. The molecule has 18 aromatic carbocycles. The van der Waals surface area contributed by atoms with Gasteiger partial charge >= 0.3 is 0 Å². The molecule has 546 valence electrons. The predicted octanol–water partition coefficient (Wildman–Crippen LogP) is 32.3. The van der Waals surface area contributed by atoms with Crippen LogP contribution < -0.4 is 0 Å². The van der Waals surface area contributed by atoms with E-state index in [1.165, 1.54) is 181 Å². The highest BCUT2D eigenvalue weighted by atomic mass is 32.1. The highest BCUT2D eigenvalue weighted by molar-refractivity contribution is 7.26. The van der Waals surface area contributed by atoms with Crippen molar-refractivity contribution in [3.8, 4) is 101 Å². The standard InChI is InChI=1S/3C37H23NS/c1-2-11-24(12-3-1)35-26-13-4-6-15-28(26)36(29-16-7-5-14-27(29)35)25-21-22-32(38-23-25)30-18-10-20-34-37(30)31-17-8-9-19-33(31)39-34;1-2-10-24(11-3-1)36-28-13-4-6-15-30(28)37(31-16-7-5-14-29(31)36)26-18-20-33(38-23-26)25-19-21-35-32(22-25)27-12-8-9-17-34(27)39-35;1-2-10-24(11-3-1)36-29-13-4-6-15-31(29)37(32-16-7-5-14-30(32)36)26-19-21-33(38-23-26)25-18-20-28-27-12-8-9-17-34(27)39-35(28)22-25/h3*1-23H. The molecular weight excluding hydrogens is 1470 g/mol. The summed E-state index contributed by atoms with van der Waals surface area (Å²) in [5, 5.41) is 22.9. The van der Waals surface area contributed by atoms with Crippen LogP contribution >= 0.6 is 34.0 Å². The van der Waals surface area contributed by atoms with E-state index in [0.717, 1.165) is 44.9 Å². The fraction of sp³-hybridized carbons (Fsp3) is 0. The number of benzene rings is 18. The minimum Gasteiger partial charge on any atom is -0.256 e. The number of nitrogens with zero attached hydrogens (tertiary/aromatic N) is 3. The molecule has 0 saturated heterocycles. The van der Waals surface area contributed by atoms with Crippen molar-refractivity contribution in [3.63, 3.8) is 0 Å². The normalized spacial score (nSPS) is 11.6. The van der Waals surface area contributed by atoms with Gasteiger partial charge in [0.2, 0.25) is 0 Å². The quantitative estimate of drug-likeness (QED) is 0.135. The number of pyridine rings is 3. The SMILES string of the molecule is c1ccc(-c2c3ccccc3c(-c3ccc(-c4ccc5c(c4)sc4ccccc45)nc3)c3ccccc23)cc1.c1ccc(-c2c3ccccc3c(-c3ccc(-c4ccc5sc6ccccc6c5c4)nc3)c3ccccc23)cc1.c1ccc(-c2c3ccccc3c(-c3ccc(-c4cccc5sc6ccccc6c45)nc3)c3ccccc23)cc1. The lowest BCUT2D eigenvalue weighted by molar-refractivity contribution is 1.33. The average molecular weight is 1540 g/mol. The Morgan fingerprint density at radius 2 is 0.410 bits per heavy atom. The maximum absolute atomic E-state index is 5.06. The van der Waals surface area contributed by atoms with Gasteiger partial charge in [-0.2, -0.15) is 0 Å². The Balaban J connectivity index is 0.000000106. The van der Waals surface area contributed by atoms with Gasteiger partial charge in [0, 0.05) is 112 Å². The molecule has 0 fully saturated rings. The largest absolute Gasteiger partial charge is 0.256 e. The van der Waals surface area contributed by atoms with Gasteiger partial charge in [0.1, 0.15) is 0 Å². The number of hydrogen-bond donors (Lipinski definition) is 0. The molecule has 6 heterocycles. The Kier molecular flexibility index (Phi) is 17.5. The van der Waals surface area contributed by atoms with Crippen molar-refractivity contribution in [3.05, 3.63) is 419 Å². The van der Waals surface area contributed by atoms with Crippen LogP contribution in [0, 0.1) is 0 Å². The molecule has 6 aromatic heterocycles. The summed E-state index contributed by atoms with van der Waals surface area (Å²) in [5.41, 5.74) is 21.1. The first-order valence-corrected chi connectivity index (χ1v) is 42.1. The Morgan fingerprint density at radius 3 is 0.795 bits per heavy atom. The van der Waals surface area contributed by atoms with Crippen LogP contribution in [-0.2, 0) is 0 Å². The summed E-state index contributed by atoms with van der Waals surface area (Å²) in [5.74, 6) is 0. The van der Waals surface area contributed by atoms with Crippen molar-refractivity contribution in [1.29, 1.82) is 0 Å². The van der Waals surface area contributed by atoms with Crippen LogP contribution in [0.5, 0.6) is 0 Å². The summed E-state index contributed by atoms with van der Waals surface area (Å²) in [6.45, 7) is 0. The Hall–Kier alpha value is -14.4. The molecule has 6 heteroatoms. The molecule has 0 atom stereocenters. The average Bonchev–Trinajstić information content (AvgIpc) is 1.66. The van der Waals surface area contributed by atoms with Crippen molar-refractivity contribution in [2.75, 3.05) is 0 Å². The summed E-state index contributed by atoms with van der Waals surface area (Å²) in [6.07, 6.45) is 6.14. The fourth-order valence-corrected chi connectivity index (χ4v) is 21.3. The van der Waals surface area contributed by atoms with Crippen LogP contribution in [0.3, 0.4) is 0 Å². The third-order valence-electron chi connectivity index (χ3n) is 23.2. The van der Waals surface area contributed by atoms with Gasteiger partial charge in [-0.15, -0.1) is 34.0 Å². The second kappa shape index (κ2) is 29.5. The minimum absolute atomic E-state index is 0.991. The first kappa shape index (κ1) is 69.4. The monoisotopic (exact) mass is 1540 g/mol. The maximum atomic E-state index is 5.06. The number of hydrogen-bond acceptors (Lipinski definition) is 6. The summed E-state index contributed by atoms with van der Waals surface area (Å²) in [6, 6.07) is 144. The molecule has 24 rings (SSSR count). The second-order valence-electron chi connectivity index (χ2n) is 29.8. The first-order chi connectivity index (χ1) is 58.1.